The van der Waals surface area contributed by atoms with Gasteiger partial charge in [-0.25, -0.2) is 9.37 Å². The number of hydrogen-bond donors (Lipinski definition) is 0. The third-order valence-corrected chi connectivity index (χ3v) is 4.49. The molecular formula is C21H16ClFN2O. The lowest BCUT2D eigenvalue weighted by Gasteiger charge is -2.11. The lowest BCUT2D eigenvalue weighted by atomic mass is 10.2. The van der Waals surface area contributed by atoms with E-state index in [1.54, 1.807) is 18.2 Å². The SMILES string of the molecule is Fc1ccc(Cn2c(COc3ccccc3Cl)nc3ccccc32)cc1. The molecule has 3 aromatic carbocycles. The number of fused-ring (bicyclic) bond motifs is 1. The number of imidazole rings is 1. The first-order valence-corrected chi connectivity index (χ1v) is 8.64. The van der Waals surface area contributed by atoms with Gasteiger partial charge in [0.05, 0.1) is 16.1 Å². The Kier molecular flexibility index (Phi) is 4.59. The minimum absolute atomic E-state index is 0.244. The van der Waals surface area contributed by atoms with Crippen molar-refractivity contribution in [3.63, 3.8) is 0 Å². The molecule has 0 spiro atoms. The molecule has 4 rings (SSSR count). The Bertz CT molecular complexity index is 1040. The number of para-hydroxylation sites is 3. The lowest BCUT2D eigenvalue weighted by Crippen LogP contribution is -2.08. The van der Waals surface area contributed by atoms with Crippen LogP contribution in [-0.4, -0.2) is 9.55 Å². The zero-order valence-corrected chi connectivity index (χ0v) is 14.7. The van der Waals surface area contributed by atoms with Crippen molar-refractivity contribution >= 4 is 22.6 Å². The highest BCUT2D eigenvalue weighted by Gasteiger charge is 2.12. The van der Waals surface area contributed by atoms with E-state index in [-0.39, 0.29) is 5.82 Å². The van der Waals surface area contributed by atoms with Crippen molar-refractivity contribution in [2.75, 3.05) is 0 Å². The molecule has 0 N–H and O–H groups in total. The molecule has 1 aromatic heterocycles. The Hall–Kier alpha value is -2.85. The minimum atomic E-state index is -0.244. The molecule has 5 heteroatoms. The van der Waals surface area contributed by atoms with E-state index in [9.17, 15) is 4.39 Å². The molecule has 0 aliphatic carbocycles. The first-order valence-electron chi connectivity index (χ1n) is 8.26. The maximum atomic E-state index is 13.2. The maximum Gasteiger partial charge on any atom is 0.148 e. The Morgan fingerprint density at radius 1 is 0.923 bits per heavy atom. The monoisotopic (exact) mass is 366 g/mol. The van der Waals surface area contributed by atoms with Gasteiger partial charge in [-0.15, -0.1) is 0 Å². The predicted octanol–water partition coefficient (Wildman–Crippen LogP) is 5.46. The van der Waals surface area contributed by atoms with Crippen LogP contribution < -0.4 is 4.74 Å². The van der Waals surface area contributed by atoms with Crippen LogP contribution >= 0.6 is 11.6 Å². The number of rotatable bonds is 5. The van der Waals surface area contributed by atoms with E-state index in [0.29, 0.717) is 23.9 Å². The number of ether oxygens (including phenoxy) is 1. The van der Waals surface area contributed by atoms with Gasteiger partial charge in [-0.3, -0.25) is 0 Å². The summed E-state index contributed by atoms with van der Waals surface area (Å²) in [5, 5.41) is 0.564. The lowest BCUT2D eigenvalue weighted by molar-refractivity contribution is 0.291. The Balaban J connectivity index is 1.67. The molecule has 0 saturated carbocycles. The standard InChI is InChI=1S/C21H16ClFN2O/c22-17-5-1-4-8-20(17)26-14-21-24-18-6-2-3-7-19(18)25(21)13-15-9-11-16(23)12-10-15/h1-12H,13-14H2. The van der Waals surface area contributed by atoms with Crippen LogP contribution in [0, 0.1) is 5.82 Å². The topological polar surface area (TPSA) is 27.1 Å². The van der Waals surface area contributed by atoms with Crippen LogP contribution in [0.3, 0.4) is 0 Å². The summed E-state index contributed by atoms with van der Waals surface area (Å²) in [6.45, 7) is 0.877. The number of hydrogen-bond acceptors (Lipinski definition) is 2. The van der Waals surface area contributed by atoms with E-state index in [0.717, 1.165) is 22.4 Å². The average molecular weight is 367 g/mol. The van der Waals surface area contributed by atoms with Crippen LogP contribution in [0.2, 0.25) is 5.02 Å². The Labute approximate surface area is 155 Å². The summed E-state index contributed by atoms with van der Waals surface area (Å²) in [5.41, 5.74) is 2.90. The van der Waals surface area contributed by atoms with Gasteiger partial charge in [0.2, 0.25) is 0 Å². The number of aromatic nitrogens is 2. The van der Waals surface area contributed by atoms with E-state index in [1.807, 2.05) is 42.5 Å². The van der Waals surface area contributed by atoms with Gasteiger partial charge >= 0.3 is 0 Å². The van der Waals surface area contributed by atoms with Crippen LogP contribution in [0.4, 0.5) is 4.39 Å². The van der Waals surface area contributed by atoms with Crippen molar-refractivity contribution in [2.24, 2.45) is 0 Å². The molecule has 0 aliphatic heterocycles. The number of nitrogens with zero attached hydrogens (tertiary/aromatic N) is 2. The van der Waals surface area contributed by atoms with Crippen LogP contribution in [-0.2, 0) is 13.2 Å². The quantitative estimate of drug-likeness (QED) is 0.469. The molecule has 1 heterocycles. The minimum Gasteiger partial charge on any atom is -0.484 e. The largest absolute Gasteiger partial charge is 0.484 e. The molecule has 0 aliphatic rings. The smallest absolute Gasteiger partial charge is 0.148 e. The molecule has 0 saturated heterocycles. The molecular weight excluding hydrogens is 351 g/mol. The fraction of sp³-hybridized carbons (Fsp3) is 0.0952. The average Bonchev–Trinajstić information content (AvgIpc) is 3.00. The third-order valence-electron chi connectivity index (χ3n) is 4.18. The van der Waals surface area contributed by atoms with Gasteiger partial charge in [0.25, 0.3) is 0 Å². The van der Waals surface area contributed by atoms with Crippen molar-refractivity contribution in [3.8, 4) is 5.75 Å². The van der Waals surface area contributed by atoms with Crippen molar-refractivity contribution in [1.29, 1.82) is 0 Å². The zero-order valence-electron chi connectivity index (χ0n) is 13.9. The maximum absolute atomic E-state index is 13.2. The number of benzene rings is 3. The highest BCUT2D eigenvalue weighted by atomic mass is 35.5. The first-order chi connectivity index (χ1) is 12.7. The van der Waals surface area contributed by atoms with Crippen molar-refractivity contribution < 1.29 is 9.13 Å². The van der Waals surface area contributed by atoms with E-state index in [2.05, 4.69) is 4.57 Å². The van der Waals surface area contributed by atoms with Crippen molar-refractivity contribution in [3.05, 3.63) is 95.0 Å². The molecule has 3 nitrogen and oxygen atoms in total. The van der Waals surface area contributed by atoms with Crippen molar-refractivity contribution in [1.82, 2.24) is 9.55 Å². The second-order valence-corrected chi connectivity index (χ2v) is 6.36. The summed E-state index contributed by atoms with van der Waals surface area (Å²) in [6.07, 6.45) is 0. The van der Waals surface area contributed by atoms with Crippen LogP contribution in [0.1, 0.15) is 11.4 Å². The summed E-state index contributed by atoms with van der Waals surface area (Å²) in [4.78, 5) is 4.69. The molecule has 0 amide bonds. The van der Waals surface area contributed by atoms with Gasteiger partial charge < -0.3 is 9.30 Å². The van der Waals surface area contributed by atoms with Gasteiger partial charge in [0.15, 0.2) is 0 Å². The molecule has 4 aromatic rings. The van der Waals surface area contributed by atoms with Crippen molar-refractivity contribution in [2.45, 2.75) is 13.2 Å². The summed E-state index contributed by atoms with van der Waals surface area (Å²) in [5.74, 6) is 1.16. The molecule has 0 unspecified atom stereocenters. The normalized spacial score (nSPS) is 11.0. The Morgan fingerprint density at radius 2 is 1.65 bits per heavy atom. The van der Waals surface area contributed by atoms with E-state index in [4.69, 9.17) is 21.3 Å². The highest BCUT2D eigenvalue weighted by Crippen LogP contribution is 2.25. The van der Waals surface area contributed by atoms with Crippen LogP contribution in [0.5, 0.6) is 5.75 Å². The summed E-state index contributed by atoms with van der Waals surface area (Å²) >= 11 is 6.17. The molecule has 0 atom stereocenters. The van der Waals surface area contributed by atoms with Gasteiger partial charge in [-0.1, -0.05) is 48.0 Å². The van der Waals surface area contributed by atoms with Crippen LogP contribution in [0.15, 0.2) is 72.8 Å². The molecule has 0 bridgehead atoms. The summed E-state index contributed by atoms with van der Waals surface area (Å²) < 4.78 is 21.1. The van der Waals surface area contributed by atoms with E-state index >= 15 is 0 Å². The van der Waals surface area contributed by atoms with E-state index < -0.39 is 0 Å². The molecule has 0 fully saturated rings. The zero-order chi connectivity index (χ0) is 17.9. The molecule has 130 valence electrons. The molecule has 26 heavy (non-hydrogen) atoms. The fourth-order valence-corrected chi connectivity index (χ4v) is 3.08. The van der Waals surface area contributed by atoms with Gasteiger partial charge in [-0.2, -0.15) is 0 Å². The highest BCUT2D eigenvalue weighted by molar-refractivity contribution is 6.32. The molecule has 0 radical (unpaired) electrons. The summed E-state index contributed by atoms with van der Waals surface area (Å²) in [7, 11) is 0. The second-order valence-electron chi connectivity index (χ2n) is 5.95. The first kappa shape index (κ1) is 16.6. The fourth-order valence-electron chi connectivity index (χ4n) is 2.89. The van der Waals surface area contributed by atoms with Gasteiger partial charge in [0.1, 0.15) is 24.0 Å². The predicted molar refractivity (Wildman–Crippen MR) is 101 cm³/mol. The third kappa shape index (κ3) is 3.41. The second kappa shape index (κ2) is 7.18. The number of halogens is 2. The van der Waals surface area contributed by atoms with Gasteiger partial charge in [0, 0.05) is 6.54 Å². The Morgan fingerprint density at radius 3 is 2.46 bits per heavy atom. The van der Waals surface area contributed by atoms with Gasteiger partial charge in [-0.05, 0) is 42.0 Å². The summed E-state index contributed by atoms with van der Waals surface area (Å²) in [6, 6.07) is 21.8. The van der Waals surface area contributed by atoms with Crippen LogP contribution in [0.25, 0.3) is 11.0 Å². The van der Waals surface area contributed by atoms with E-state index in [1.165, 1.54) is 12.1 Å².